The molecule has 0 radical (unpaired) electrons. The fourth-order valence-corrected chi connectivity index (χ4v) is 3.36. The molecule has 1 atom stereocenters. The first-order valence-electron chi connectivity index (χ1n) is 8.38. The first-order chi connectivity index (χ1) is 11.4. The van der Waals surface area contributed by atoms with Crippen LogP contribution in [0.1, 0.15) is 43.9 Å². The van der Waals surface area contributed by atoms with E-state index in [0.717, 1.165) is 24.5 Å². The molecule has 0 bridgehead atoms. The summed E-state index contributed by atoms with van der Waals surface area (Å²) in [5, 5.41) is 2.99. The van der Waals surface area contributed by atoms with Crippen LogP contribution in [0.2, 0.25) is 0 Å². The van der Waals surface area contributed by atoms with E-state index in [1.165, 1.54) is 5.56 Å². The maximum atomic E-state index is 12.6. The lowest BCUT2D eigenvalue weighted by atomic mass is 9.74. The van der Waals surface area contributed by atoms with Crippen molar-refractivity contribution in [1.29, 1.82) is 0 Å². The lowest BCUT2D eigenvalue weighted by molar-refractivity contribution is -0.0231. The Morgan fingerprint density at radius 1 is 1.38 bits per heavy atom. The van der Waals surface area contributed by atoms with Crippen molar-refractivity contribution >= 4 is 6.03 Å². The number of nitrogens with zero attached hydrogens (tertiary/aromatic N) is 4. The number of likely N-dealkylation sites (tertiary alicyclic amines) is 1. The Bertz CT molecular complexity index is 737. The summed E-state index contributed by atoms with van der Waals surface area (Å²) < 4.78 is 1.98. The van der Waals surface area contributed by atoms with Gasteiger partial charge in [-0.1, -0.05) is 20.8 Å². The molecular formula is C18H25N5O. The molecule has 2 amide bonds. The minimum Gasteiger partial charge on any atom is -0.336 e. The van der Waals surface area contributed by atoms with Gasteiger partial charge in [-0.15, -0.1) is 0 Å². The minimum atomic E-state index is -0.0639. The second-order valence-corrected chi connectivity index (χ2v) is 7.08. The molecule has 0 saturated carbocycles. The van der Waals surface area contributed by atoms with Gasteiger partial charge in [-0.2, -0.15) is 0 Å². The highest BCUT2D eigenvalue weighted by Crippen LogP contribution is 2.47. The molecule has 0 spiro atoms. The summed E-state index contributed by atoms with van der Waals surface area (Å²) in [6, 6.07) is 3.97. The second-order valence-electron chi connectivity index (χ2n) is 7.08. The second kappa shape index (κ2) is 6.26. The van der Waals surface area contributed by atoms with Gasteiger partial charge in [-0.05, 0) is 24.1 Å². The topological polar surface area (TPSA) is 63.1 Å². The largest absolute Gasteiger partial charge is 0.336 e. The molecule has 24 heavy (non-hydrogen) atoms. The van der Waals surface area contributed by atoms with Crippen molar-refractivity contribution in [3.63, 3.8) is 0 Å². The zero-order valence-electron chi connectivity index (χ0n) is 14.8. The Morgan fingerprint density at radius 2 is 2.17 bits per heavy atom. The Kier molecular flexibility index (Phi) is 4.30. The summed E-state index contributed by atoms with van der Waals surface area (Å²) >= 11 is 0. The molecule has 0 aromatic carbocycles. The molecule has 1 fully saturated rings. The van der Waals surface area contributed by atoms with Crippen molar-refractivity contribution in [2.24, 2.45) is 12.5 Å². The molecule has 1 aliphatic rings. The summed E-state index contributed by atoms with van der Waals surface area (Å²) in [5.74, 6) is 0.924. The third kappa shape index (κ3) is 3.00. The normalized spacial score (nSPS) is 19.0. The van der Waals surface area contributed by atoms with E-state index in [2.05, 4.69) is 36.1 Å². The van der Waals surface area contributed by atoms with Crippen LogP contribution < -0.4 is 5.32 Å². The first-order valence-corrected chi connectivity index (χ1v) is 8.38. The van der Waals surface area contributed by atoms with E-state index in [1.807, 2.05) is 34.8 Å². The van der Waals surface area contributed by atoms with Gasteiger partial charge in [-0.25, -0.2) is 9.78 Å². The van der Waals surface area contributed by atoms with Crippen LogP contribution in [0.4, 0.5) is 4.79 Å². The molecule has 2 aromatic heterocycles. The highest BCUT2D eigenvalue weighted by Gasteiger charge is 2.50. The van der Waals surface area contributed by atoms with E-state index in [0.29, 0.717) is 6.54 Å². The summed E-state index contributed by atoms with van der Waals surface area (Å²) in [7, 11) is 1.97. The van der Waals surface area contributed by atoms with Gasteiger partial charge in [0, 0.05) is 37.6 Å². The summed E-state index contributed by atoms with van der Waals surface area (Å²) in [4.78, 5) is 23.2. The van der Waals surface area contributed by atoms with Gasteiger partial charge in [0.05, 0.1) is 18.3 Å². The maximum absolute atomic E-state index is 12.6. The number of hydrogen-bond donors (Lipinski definition) is 1. The van der Waals surface area contributed by atoms with E-state index in [4.69, 9.17) is 0 Å². The number of aryl methyl sites for hydroxylation is 2. The van der Waals surface area contributed by atoms with Gasteiger partial charge in [0.1, 0.15) is 5.82 Å². The predicted octanol–water partition coefficient (Wildman–Crippen LogP) is 2.67. The van der Waals surface area contributed by atoms with Gasteiger partial charge >= 0.3 is 6.03 Å². The fraction of sp³-hybridized carbons (Fsp3) is 0.500. The van der Waals surface area contributed by atoms with Crippen LogP contribution in [0.3, 0.4) is 0 Å². The van der Waals surface area contributed by atoms with Crippen LogP contribution in [-0.2, 0) is 20.0 Å². The van der Waals surface area contributed by atoms with Crippen LogP contribution in [0.25, 0.3) is 0 Å². The van der Waals surface area contributed by atoms with Gasteiger partial charge < -0.3 is 14.8 Å². The minimum absolute atomic E-state index is 0.00700. The lowest BCUT2D eigenvalue weighted by Gasteiger charge is -2.53. The van der Waals surface area contributed by atoms with Gasteiger partial charge in [-0.3, -0.25) is 4.98 Å². The van der Waals surface area contributed by atoms with Crippen molar-refractivity contribution in [3.05, 3.63) is 47.8 Å². The lowest BCUT2D eigenvalue weighted by Crippen LogP contribution is -2.60. The van der Waals surface area contributed by atoms with Crippen molar-refractivity contribution in [3.8, 4) is 0 Å². The van der Waals surface area contributed by atoms with E-state index in [9.17, 15) is 4.79 Å². The van der Waals surface area contributed by atoms with E-state index >= 15 is 0 Å². The number of aromatic nitrogens is 3. The van der Waals surface area contributed by atoms with Gasteiger partial charge in [0.15, 0.2) is 0 Å². The molecule has 3 heterocycles. The summed E-state index contributed by atoms with van der Waals surface area (Å²) in [6.45, 7) is 7.61. The quantitative estimate of drug-likeness (QED) is 0.939. The average Bonchev–Trinajstić information content (AvgIpc) is 2.96. The number of amides is 2. The summed E-state index contributed by atoms with van der Waals surface area (Å²) in [5.41, 5.74) is 2.14. The maximum Gasteiger partial charge on any atom is 0.318 e. The molecule has 128 valence electrons. The number of carbonyl (C=O) groups is 1. The Hall–Kier alpha value is -2.37. The van der Waals surface area contributed by atoms with E-state index in [-0.39, 0.29) is 17.5 Å². The number of imidazole rings is 1. The summed E-state index contributed by atoms with van der Waals surface area (Å²) in [6.07, 6.45) is 6.45. The van der Waals surface area contributed by atoms with Crippen LogP contribution in [0.15, 0.2) is 30.7 Å². The van der Waals surface area contributed by atoms with Gasteiger partial charge in [0.25, 0.3) is 0 Å². The molecule has 2 aromatic rings. The zero-order chi connectivity index (χ0) is 17.3. The van der Waals surface area contributed by atoms with Crippen LogP contribution in [0.5, 0.6) is 0 Å². The number of nitrogens with one attached hydrogen (secondary N) is 1. The molecule has 6 heteroatoms. The monoisotopic (exact) mass is 327 g/mol. The number of carbonyl (C=O) groups excluding carboxylic acids is 1. The van der Waals surface area contributed by atoms with Crippen LogP contribution in [-0.4, -0.2) is 32.0 Å². The van der Waals surface area contributed by atoms with E-state index in [1.54, 1.807) is 12.4 Å². The zero-order valence-corrected chi connectivity index (χ0v) is 14.8. The molecular weight excluding hydrogens is 302 g/mol. The van der Waals surface area contributed by atoms with Crippen molar-refractivity contribution in [1.82, 2.24) is 24.8 Å². The number of pyridine rings is 1. The molecule has 0 aliphatic carbocycles. The van der Waals surface area contributed by atoms with Crippen LogP contribution >= 0.6 is 0 Å². The smallest absolute Gasteiger partial charge is 0.318 e. The number of urea groups is 1. The standard InChI is InChI=1S/C18H25N5O/c1-5-13-6-7-19-14(10-13)11-21-17(24)23-12-18(2,3)15(23)16-20-8-9-22(16)4/h6-10,15H,5,11-12H2,1-4H3,(H,21,24)/t15-/m1/s1. The average molecular weight is 327 g/mol. The number of rotatable bonds is 4. The third-order valence-electron chi connectivity index (χ3n) is 4.70. The fourth-order valence-electron chi connectivity index (χ4n) is 3.36. The van der Waals surface area contributed by atoms with Crippen molar-refractivity contribution in [2.75, 3.05) is 6.54 Å². The van der Waals surface area contributed by atoms with Crippen molar-refractivity contribution < 1.29 is 4.79 Å². The molecule has 1 N–H and O–H groups in total. The predicted molar refractivity (Wildman–Crippen MR) is 92.3 cm³/mol. The Morgan fingerprint density at radius 3 is 2.79 bits per heavy atom. The molecule has 1 saturated heterocycles. The Balaban J connectivity index is 1.67. The first kappa shape index (κ1) is 16.5. The number of hydrogen-bond acceptors (Lipinski definition) is 3. The molecule has 1 aliphatic heterocycles. The van der Waals surface area contributed by atoms with Gasteiger partial charge in [0.2, 0.25) is 0 Å². The van der Waals surface area contributed by atoms with Crippen molar-refractivity contribution in [2.45, 2.75) is 39.8 Å². The highest BCUT2D eigenvalue weighted by molar-refractivity contribution is 5.76. The Labute approximate surface area is 142 Å². The van der Waals surface area contributed by atoms with E-state index < -0.39 is 0 Å². The third-order valence-corrected chi connectivity index (χ3v) is 4.70. The molecule has 6 nitrogen and oxygen atoms in total. The molecule has 0 unspecified atom stereocenters. The SMILES string of the molecule is CCc1ccnc(CNC(=O)N2CC(C)(C)[C@H]2c2nccn2C)c1. The molecule has 3 rings (SSSR count). The van der Waals surface area contributed by atoms with Crippen LogP contribution in [0, 0.1) is 5.41 Å². The highest BCUT2D eigenvalue weighted by atomic mass is 16.2.